The molecule has 1 amide bonds. The van der Waals surface area contributed by atoms with Crippen molar-refractivity contribution in [1.82, 2.24) is 20.5 Å². The molecule has 1 aromatic carbocycles. The molecule has 0 saturated heterocycles. The van der Waals surface area contributed by atoms with Gasteiger partial charge in [0.25, 0.3) is 0 Å². The summed E-state index contributed by atoms with van der Waals surface area (Å²) in [6, 6.07) is 12.0. The number of carbonyl (C=O) groups excluding carboxylic acids is 1. The van der Waals surface area contributed by atoms with E-state index in [1.807, 2.05) is 18.2 Å². The lowest BCUT2D eigenvalue weighted by molar-refractivity contribution is -0.116. The molecule has 3 N–H and O–H groups in total. The van der Waals surface area contributed by atoms with E-state index in [4.69, 9.17) is 0 Å². The van der Waals surface area contributed by atoms with Crippen LogP contribution >= 0.6 is 0 Å². The number of rotatable bonds is 8. The van der Waals surface area contributed by atoms with Gasteiger partial charge < -0.3 is 16.0 Å². The highest BCUT2D eigenvalue weighted by molar-refractivity contribution is 5.91. The number of hydrogen-bond acceptors (Lipinski definition) is 6. The average molecular weight is 396 g/mol. The maximum Gasteiger partial charge on any atom is 0.244 e. The number of benzene rings is 1. The lowest BCUT2D eigenvalue weighted by Gasteiger charge is -2.07. The molecule has 3 rings (SSSR count). The number of nitrogens with one attached hydrogen (secondary N) is 3. The van der Waals surface area contributed by atoms with Gasteiger partial charge in [-0.15, -0.1) is 10.2 Å². The summed E-state index contributed by atoms with van der Waals surface area (Å²) in [4.78, 5) is 15.9. The molecule has 3 aromatic rings. The number of amides is 1. The molecule has 7 nitrogen and oxygen atoms in total. The maximum absolute atomic E-state index is 13.5. The standard InChI is InChI=1S/C20H18F2N6O/c21-15-5-6-16(22)14(13-15)4-9-20(29)25-12-11-24-18-7-8-19(28-27-18)26-17-3-1-2-10-23-17/h1-10,13H,11-12H2,(H,24,27)(H,25,29)(H,23,26,28)/b9-4+. The molecule has 0 bridgehead atoms. The van der Waals surface area contributed by atoms with Crippen molar-refractivity contribution in [2.24, 2.45) is 0 Å². The van der Waals surface area contributed by atoms with Crippen LogP contribution in [0.25, 0.3) is 6.08 Å². The van der Waals surface area contributed by atoms with Gasteiger partial charge in [-0.2, -0.15) is 0 Å². The molecule has 0 radical (unpaired) electrons. The first kappa shape index (κ1) is 19.9. The van der Waals surface area contributed by atoms with Crippen LogP contribution in [0, 0.1) is 11.6 Å². The smallest absolute Gasteiger partial charge is 0.244 e. The van der Waals surface area contributed by atoms with E-state index < -0.39 is 17.5 Å². The topological polar surface area (TPSA) is 91.8 Å². The predicted molar refractivity (Wildman–Crippen MR) is 106 cm³/mol. The van der Waals surface area contributed by atoms with Gasteiger partial charge in [0.15, 0.2) is 5.82 Å². The van der Waals surface area contributed by atoms with Gasteiger partial charge in [0.05, 0.1) is 0 Å². The number of pyridine rings is 1. The summed E-state index contributed by atoms with van der Waals surface area (Å²) < 4.78 is 26.6. The Morgan fingerprint density at radius 3 is 2.55 bits per heavy atom. The molecular formula is C20H18F2N6O. The molecule has 148 valence electrons. The van der Waals surface area contributed by atoms with Crippen LogP contribution in [0.4, 0.5) is 26.2 Å². The summed E-state index contributed by atoms with van der Waals surface area (Å²) in [5, 5.41) is 16.7. The van der Waals surface area contributed by atoms with Crippen LogP contribution in [0.15, 0.2) is 60.8 Å². The third kappa shape index (κ3) is 6.35. The quantitative estimate of drug-likeness (QED) is 0.400. The second-order valence-corrected chi connectivity index (χ2v) is 5.86. The summed E-state index contributed by atoms with van der Waals surface area (Å²) in [6.45, 7) is 0.722. The number of hydrogen-bond donors (Lipinski definition) is 3. The molecule has 0 aliphatic rings. The van der Waals surface area contributed by atoms with Crippen LogP contribution in [0.1, 0.15) is 5.56 Å². The van der Waals surface area contributed by atoms with Crippen LogP contribution in [0.2, 0.25) is 0 Å². The van der Waals surface area contributed by atoms with E-state index in [2.05, 4.69) is 31.1 Å². The van der Waals surface area contributed by atoms with Gasteiger partial charge in [-0.25, -0.2) is 13.8 Å². The molecule has 0 fully saturated rings. The van der Waals surface area contributed by atoms with Crippen molar-refractivity contribution in [3.8, 4) is 0 Å². The highest BCUT2D eigenvalue weighted by Gasteiger charge is 2.02. The Morgan fingerprint density at radius 2 is 1.79 bits per heavy atom. The van der Waals surface area contributed by atoms with Crippen LogP contribution in [0.3, 0.4) is 0 Å². The van der Waals surface area contributed by atoms with E-state index in [9.17, 15) is 13.6 Å². The molecule has 9 heteroatoms. The van der Waals surface area contributed by atoms with Gasteiger partial charge in [0.1, 0.15) is 23.3 Å². The van der Waals surface area contributed by atoms with Crippen molar-refractivity contribution in [3.05, 3.63) is 78.0 Å². The molecule has 0 spiro atoms. The van der Waals surface area contributed by atoms with Crippen molar-refractivity contribution in [3.63, 3.8) is 0 Å². The lowest BCUT2D eigenvalue weighted by atomic mass is 10.2. The minimum absolute atomic E-state index is 0.00736. The van der Waals surface area contributed by atoms with Gasteiger partial charge in [0.2, 0.25) is 5.91 Å². The number of halogens is 2. The Balaban J connectivity index is 1.40. The highest BCUT2D eigenvalue weighted by atomic mass is 19.1. The largest absolute Gasteiger partial charge is 0.367 e. The second-order valence-electron chi connectivity index (χ2n) is 5.86. The van der Waals surface area contributed by atoms with Crippen LogP contribution < -0.4 is 16.0 Å². The maximum atomic E-state index is 13.5. The van der Waals surface area contributed by atoms with Crippen LogP contribution in [0.5, 0.6) is 0 Å². The van der Waals surface area contributed by atoms with Crippen molar-refractivity contribution < 1.29 is 13.6 Å². The molecule has 29 heavy (non-hydrogen) atoms. The van der Waals surface area contributed by atoms with Crippen LogP contribution in [-0.4, -0.2) is 34.2 Å². The Bertz CT molecular complexity index is 980. The third-order valence-corrected chi connectivity index (χ3v) is 3.69. The Hall–Kier alpha value is -3.88. The monoisotopic (exact) mass is 396 g/mol. The number of carbonyl (C=O) groups is 1. The lowest BCUT2D eigenvalue weighted by Crippen LogP contribution is -2.27. The average Bonchev–Trinajstić information content (AvgIpc) is 2.74. The zero-order chi connectivity index (χ0) is 20.5. The summed E-state index contributed by atoms with van der Waals surface area (Å²) >= 11 is 0. The van der Waals surface area contributed by atoms with Crippen molar-refractivity contribution in [2.45, 2.75) is 0 Å². The van der Waals surface area contributed by atoms with E-state index in [-0.39, 0.29) is 5.56 Å². The summed E-state index contributed by atoms with van der Waals surface area (Å²) in [5.41, 5.74) is 0.00736. The molecule has 0 unspecified atom stereocenters. The first-order valence-corrected chi connectivity index (χ1v) is 8.77. The van der Waals surface area contributed by atoms with E-state index in [1.54, 1.807) is 18.3 Å². The minimum atomic E-state index is -0.600. The summed E-state index contributed by atoms with van der Waals surface area (Å²) in [7, 11) is 0. The Labute approximate surface area is 165 Å². The fraction of sp³-hybridized carbons (Fsp3) is 0.100. The van der Waals surface area contributed by atoms with E-state index in [0.29, 0.717) is 30.5 Å². The zero-order valence-electron chi connectivity index (χ0n) is 15.3. The third-order valence-electron chi connectivity index (χ3n) is 3.69. The van der Waals surface area contributed by atoms with Gasteiger partial charge in [-0.05, 0) is 48.5 Å². The van der Waals surface area contributed by atoms with E-state index >= 15 is 0 Å². The Kier molecular flexibility index (Phi) is 6.77. The molecule has 2 heterocycles. The van der Waals surface area contributed by atoms with Crippen molar-refractivity contribution >= 4 is 29.4 Å². The number of anilines is 3. The SMILES string of the molecule is O=C(/C=C/c1cc(F)ccc1F)NCCNc1ccc(Nc2ccccn2)nn1. The first-order chi connectivity index (χ1) is 14.1. The van der Waals surface area contributed by atoms with Gasteiger partial charge >= 0.3 is 0 Å². The molecule has 0 atom stereocenters. The Morgan fingerprint density at radius 1 is 0.966 bits per heavy atom. The summed E-state index contributed by atoms with van der Waals surface area (Å²) in [5.74, 6) is 0.169. The van der Waals surface area contributed by atoms with Crippen LogP contribution in [-0.2, 0) is 4.79 Å². The van der Waals surface area contributed by atoms with Gasteiger partial charge in [-0.1, -0.05) is 6.07 Å². The van der Waals surface area contributed by atoms with E-state index in [0.717, 1.165) is 24.3 Å². The van der Waals surface area contributed by atoms with Gasteiger partial charge in [0, 0.05) is 30.9 Å². The predicted octanol–water partition coefficient (Wildman–Crippen LogP) is 3.13. The number of nitrogens with zero attached hydrogens (tertiary/aromatic N) is 3. The van der Waals surface area contributed by atoms with Crippen molar-refractivity contribution in [1.29, 1.82) is 0 Å². The first-order valence-electron chi connectivity index (χ1n) is 8.77. The molecule has 0 saturated carbocycles. The normalized spacial score (nSPS) is 10.7. The zero-order valence-corrected chi connectivity index (χ0v) is 15.3. The molecule has 2 aromatic heterocycles. The van der Waals surface area contributed by atoms with Gasteiger partial charge in [-0.3, -0.25) is 4.79 Å². The molecule has 0 aliphatic heterocycles. The molecular weight excluding hydrogens is 378 g/mol. The fourth-order valence-corrected chi connectivity index (χ4v) is 2.30. The molecule has 0 aliphatic carbocycles. The van der Waals surface area contributed by atoms with Crippen molar-refractivity contribution in [2.75, 3.05) is 23.7 Å². The summed E-state index contributed by atoms with van der Waals surface area (Å²) in [6.07, 6.45) is 4.04. The minimum Gasteiger partial charge on any atom is -0.367 e. The fourth-order valence-electron chi connectivity index (χ4n) is 2.30. The highest BCUT2D eigenvalue weighted by Crippen LogP contribution is 2.12. The van der Waals surface area contributed by atoms with E-state index in [1.165, 1.54) is 6.08 Å². The second kappa shape index (κ2) is 9.88. The number of aromatic nitrogens is 3.